The van der Waals surface area contributed by atoms with E-state index in [0.717, 1.165) is 0 Å². The lowest BCUT2D eigenvalue weighted by atomic mass is 10.3. The van der Waals surface area contributed by atoms with Crippen LogP contribution in [-0.2, 0) is 4.79 Å². The van der Waals surface area contributed by atoms with Gasteiger partial charge in [-0.2, -0.15) is 10.1 Å². The van der Waals surface area contributed by atoms with Gasteiger partial charge in [-0.25, -0.2) is 4.79 Å². The van der Waals surface area contributed by atoms with Gasteiger partial charge in [0.25, 0.3) is 5.91 Å². The summed E-state index contributed by atoms with van der Waals surface area (Å²) in [6, 6.07) is 15.3. The van der Waals surface area contributed by atoms with E-state index < -0.39 is 6.03 Å². The van der Waals surface area contributed by atoms with Crippen molar-refractivity contribution in [2.45, 2.75) is 6.42 Å². The Labute approximate surface area is 137 Å². The quantitative estimate of drug-likeness (QED) is 0.888. The molecule has 0 atom stereocenters. The van der Waals surface area contributed by atoms with Gasteiger partial charge in [-0.1, -0.05) is 35.9 Å². The van der Waals surface area contributed by atoms with Crippen molar-refractivity contribution in [1.82, 2.24) is 5.32 Å². The fourth-order valence-corrected chi connectivity index (χ4v) is 2.32. The van der Waals surface area contributed by atoms with Gasteiger partial charge in [0, 0.05) is 10.7 Å². The van der Waals surface area contributed by atoms with Crippen molar-refractivity contribution in [2.24, 2.45) is 5.10 Å². The maximum absolute atomic E-state index is 12.0. The first-order valence-corrected chi connectivity index (χ1v) is 7.29. The molecule has 0 spiro atoms. The molecule has 6 nitrogen and oxygen atoms in total. The number of rotatable bonds is 2. The molecule has 23 heavy (non-hydrogen) atoms. The molecule has 0 aliphatic carbocycles. The topological polar surface area (TPSA) is 73.8 Å². The van der Waals surface area contributed by atoms with Gasteiger partial charge in [0.15, 0.2) is 0 Å². The number of anilines is 2. The Kier molecular flexibility index (Phi) is 4.25. The van der Waals surface area contributed by atoms with E-state index in [4.69, 9.17) is 11.6 Å². The minimum absolute atomic E-state index is 0.0395. The number of nitrogens with zero attached hydrogens (tertiary/aromatic N) is 2. The van der Waals surface area contributed by atoms with Crippen molar-refractivity contribution >= 4 is 40.7 Å². The fourth-order valence-electron chi connectivity index (χ4n) is 2.13. The number of halogens is 1. The summed E-state index contributed by atoms with van der Waals surface area (Å²) in [6.07, 6.45) is 0.0395. The van der Waals surface area contributed by atoms with Crippen molar-refractivity contribution < 1.29 is 9.59 Å². The average Bonchev–Trinajstić information content (AvgIpc) is 2.88. The number of hydrogen-bond donors (Lipinski definition) is 2. The molecular formula is C16H13ClN4O2. The van der Waals surface area contributed by atoms with Crippen LogP contribution in [0.15, 0.2) is 59.7 Å². The Morgan fingerprint density at radius 2 is 1.87 bits per heavy atom. The largest absolute Gasteiger partial charge is 0.324 e. The van der Waals surface area contributed by atoms with Crippen molar-refractivity contribution in [1.29, 1.82) is 0 Å². The highest BCUT2D eigenvalue weighted by Gasteiger charge is 2.26. The molecular weight excluding hydrogens is 316 g/mol. The van der Waals surface area contributed by atoms with E-state index in [1.54, 1.807) is 36.4 Å². The number of nitrogens with one attached hydrogen (secondary N) is 2. The van der Waals surface area contributed by atoms with Crippen molar-refractivity contribution in [3.05, 3.63) is 59.6 Å². The van der Waals surface area contributed by atoms with E-state index in [1.165, 1.54) is 5.01 Å². The molecule has 2 N–H and O–H groups in total. The fraction of sp³-hybridized carbons (Fsp3) is 0.0625. The molecule has 1 aliphatic rings. The van der Waals surface area contributed by atoms with E-state index in [0.29, 0.717) is 22.2 Å². The number of amidine groups is 1. The van der Waals surface area contributed by atoms with Crippen LogP contribution in [0.2, 0.25) is 5.02 Å². The molecule has 0 bridgehead atoms. The third-order valence-electron chi connectivity index (χ3n) is 3.12. The summed E-state index contributed by atoms with van der Waals surface area (Å²) in [5.74, 6) is 0.0904. The van der Waals surface area contributed by atoms with E-state index >= 15 is 0 Å². The second-order valence-electron chi connectivity index (χ2n) is 4.85. The van der Waals surface area contributed by atoms with Crippen LogP contribution in [0.5, 0.6) is 0 Å². The molecule has 116 valence electrons. The maximum Gasteiger partial charge on any atom is 0.324 e. The van der Waals surface area contributed by atoms with Gasteiger partial charge in [-0.05, 0) is 30.3 Å². The first-order valence-electron chi connectivity index (χ1n) is 6.91. The number of hydrogen-bond acceptors (Lipinski definition) is 3. The van der Waals surface area contributed by atoms with Gasteiger partial charge in [-0.3, -0.25) is 10.1 Å². The number of para-hydroxylation sites is 1. The van der Waals surface area contributed by atoms with Crippen LogP contribution in [0.4, 0.5) is 16.2 Å². The summed E-state index contributed by atoms with van der Waals surface area (Å²) in [6.45, 7) is 0. The minimum atomic E-state index is -0.478. The first-order chi connectivity index (χ1) is 11.1. The Morgan fingerprint density at radius 3 is 2.61 bits per heavy atom. The number of urea groups is 1. The first kappa shape index (κ1) is 15.1. The van der Waals surface area contributed by atoms with E-state index in [9.17, 15) is 9.59 Å². The lowest BCUT2D eigenvalue weighted by Crippen LogP contribution is -2.33. The monoisotopic (exact) mass is 328 g/mol. The summed E-state index contributed by atoms with van der Waals surface area (Å²) in [4.78, 5) is 23.9. The molecule has 0 saturated heterocycles. The van der Waals surface area contributed by atoms with E-state index in [1.807, 2.05) is 18.2 Å². The molecule has 0 fully saturated rings. The molecule has 3 amide bonds. The number of benzene rings is 2. The third-order valence-corrected chi connectivity index (χ3v) is 3.35. The Morgan fingerprint density at radius 1 is 1.09 bits per heavy atom. The number of carbonyl (C=O) groups excluding carboxylic acids is 2. The second kappa shape index (κ2) is 6.50. The van der Waals surface area contributed by atoms with Crippen LogP contribution in [0.3, 0.4) is 0 Å². The molecule has 2 aromatic carbocycles. The normalized spacial score (nSPS) is 13.7. The van der Waals surface area contributed by atoms with Crippen LogP contribution in [-0.4, -0.2) is 17.8 Å². The van der Waals surface area contributed by atoms with Crippen molar-refractivity contribution in [3.8, 4) is 0 Å². The molecule has 0 saturated carbocycles. The molecule has 0 unspecified atom stereocenters. The van der Waals surface area contributed by atoms with E-state index in [2.05, 4.69) is 15.7 Å². The summed E-state index contributed by atoms with van der Waals surface area (Å²) in [5, 5.41) is 11.1. The lowest BCUT2D eigenvalue weighted by molar-refractivity contribution is -0.116. The van der Waals surface area contributed by atoms with Crippen molar-refractivity contribution in [2.75, 3.05) is 10.3 Å². The summed E-state index contributed by atoms with van der Waals surface area (Å²) in [7, 11) is 0. The van der Waals surface area contributed by atoms with Gasteiger partial charge in [-0.15, -0.1) is 0 Å². The summed E-state index contributed by atoms with van der Waals surface area (Å²) in [5.41, 5.74) is 1.21. The van der Waals surface area contributed by atoms with Gasteiger partial charge >= 0.3 is 6.03 Å². The minimum Gasteiger partial charge on any atom is -0.308 e. The highest BCUT2D eigenvalue weighted by atomic mass is 35.5. The zero-order valence-corrected chi connectivity index (χ0v) is 12.7. The molecule has 0 aromatic heterocycles. The molecule has 7 heteroatoms. The van der Waals surface area contributed by atoms with E-state index in [-0.39, 0.29) is 12.3 Å². The third kappa shape index (κ3) is 3.67. The highest BCUT2D eigenvalue weighted by molar-refractivity contribution is 6.31. The van der Waals surface area contributed by atoms with Crippen LogP contribution in [0.25, 0.3) is 0 Å². The van der Waals surface area contributed by atoms with Crippen LogP contribution in [0.1, 0.15) is 6.42 Å². The van der Waals surface area contributed by atoms with Gasteiger partial charge in [0.1, 0.15) is 5.84 Å². The second-order valence-corrected chi connectivity index (χ2v) is 5.29. The number of amides is 3. The average molecular weight is 329 g/mol. The van der Waals surface area contributed by atoms with Crippen LogP contribution in [0, 0.1) is 0 Å². The highest BCUT2D eigenvalue weighted by Crippen LogP contribution is 2.19. The molecule has 1 heterocycles. The zero-order chi connectivity index (χ0) is 16.2. The SMILES string of the molecule is O=C(NC1=NN(c2ccccc2)C(=O)C1)Nc1cccc(Cl)c1. The van der Waals surface area contributed by atoms with Crippen LogP contribution >= 0.6 is 11.6 Å². The zero-order valence-electron chi connectivity index (χ0n) is 12.0. The Bertz CT molecular complexity index is 777. The van der Waals surface area contributed by atoms with Gasteiger partial charge in [0.05, 0.1) is 12.1 Å². The van der Waals surface area contributed by atoms with Crippen molar-refractivity contribution in [3.63, 3.8) is 0 Å². The van der Waals surface area contributed by atoms with Gasteiger partial charge in [0.2, 0.25) is 0 Å². The lowest BCUT2D eigenvalue weighted by Gasteiger charge is -2.10. The molecule has 1 aliphatic heterocycles. The smallest absolute Gasteiger partial charge is 0.308 e. The Balaban J connectivity index is 1.66. The predicted octanol–water partition coefficient (Wildman–Crippen LogP) is 3.21. The molecule has 0 radical (unpaired) electrons. The standard InChI is InChI=1S/C16H13ClN4O2/c17-11-5-4-6-12(9-11)18-16(23)19-14-10-15(22)21(20-14)13-7-2-1-3-8-13/h1-9H,10H2,(H2,18,19,20,23). The maximum atomic E-state index is 12.0. The summed E-state index contributed by atoms with van der Waals surface area (Å²) < 4.78 is 0. The van der Waals surface area contributed by atoms with Crippen LogP contribution < -0.4 is 15.6 Å². The summed E-state index contributed by atoms with van der Waals surface area (Å²) >= 11 is 5.86. The number of carbonyl (C=O) groups is 2. The van der Waals surface area contributed by atoms with Gasteiger partial charge < -0.3 is 5.32 Å². The Hall–Kier alpha value is -2.86. The molecule has 2 aromatic rings. The number of hydrazone groups is 1. The molecule has 3 rings (SSSR count). The predicted molar refractivity (Wildman–Crippen MR) is 89.6 cm³/mol.